The predicted molar refractivity (Wildman–Crippen MR) is 165 cm³/mol. The van der Waals surface area contributed by atoms with Gasteiger partial charge in [-0.05, 0) is 51.8 Å². The second-order valence-electron chi connectivity index (χ2n) is 11.4. The highest BCUT2D eigenvalue weighted by molar-refractivity contribution is 5.83. The topological polar surface area (TPSA) is 38.7 Å². The van der Waals surface area contributed by atoms with Gasteiger partial charge in [-0.2, -0.15) is 0 Å². The minimum Gasteiger partial charge on any atom is -0.208 e. The van der Waals surface area contributed by atoms with Gasteiger partial charge in [0.05, 0.1) is 0 Å². The summed E-state index contributed by atoms with van der Waals surface area (Å²) in [5, 5.41) is 0. The van der Waals surface area contributed by atoms with Crippen LogP contribution in [0.3, 0.4) is 0 Å². The monoisotopic (exact) mass is 517 g/mol. The van der Waals surface area contributed by atoms with Crippen LogP contribution in [-0.2, 0) is 5.41 Å². The minimum absolute atomic E-state index is 0.0873. The molecule has 0 saturated carbocycles. The molecule has 0 amide bonds. The Morgan fingerprint density at radius 2 is 1.18 bits per heavy atom. The standard InChI is InChI=1S/C37H31N3/c1-24-11-7-8-14-29(24)25-17-19-27(20-18-25)35-38-34(26-12-5-4-6-13-26)39-36(40-35)28-21-22-31-30-15-9-10-16-32(30)37(2,3)33(31)23-28/h4-10,12-24H,11H2,1-3H3. The van der Waals surface area contributed by atoms with Gasteiger partial charge in [-0.15, -0.1) is 0 Å². The average molecular weight is 518 g/mol. The Morgan fingerprint density at radius 1 is 0.600 bits per heavy atom. The van der Waals surface area contributed by atoms with Crippen LogP contribution in [0.2, 0.25) is 0 Å². The molecule has 0 saturated heterocycles. The molecule has 0 bridgehead atoms. The molecule has 40 heavy (non-hydrogen) atoms. The van der Waals surface area contributed by atoms with Gasteiger partial charge in [-0.1, -0.05) is 130 Å². The third-order valence-electron chi connectivity index (χ3n) is 8.42. The SMILES string of the molecule is CC1CC=CC=C1c1ccc(-c2nc(-c3ccccc3)nc(-c3ccc4c(c3)C(C)(C)c3ccccc3-4)n2)cc1. The Balaban J connectivity index is 1.34. The Kier molecular flexibility index (Phi) is 5.82. The first-order valence-corrected chi connectivity index (χ1v) is 14.0. The number of benzene rings is 4. The smallest absolute Gasteiger partial charge is 0.164 e. The molecule has 7 rings (SSSR count). The van der Waals surface area contributed by atoms with Crippen LogP contribution in [0.5, 0.6) is 0 Å². The van der Waals surface area contributed by atoms with E-state index in [1.54, 1.807) is 0 Å². The minimum atomic E-state index is -0.0873. The molecule has 4 aromatic carbocycles. The third-order valence-corrected chi connectivity index (χ3v) is 8.42. The molecule has 0 fully saturated rings. The van der Waals surface area contributed by atoms with Gasteiger partial charge >= 0.3 is 0 Å². The Labute approximate surface area is 236 Å². The van der Waals surface area contributed by atoms with Crippen LogP contribution in [0, 0.1) is 5.92 Å². The lowest BCUT2D eigenvalue weighted by atomic mass is 9.82. The van der Waals surface area contributed by atoms with Gasteiger partial charge in [0, 0.05) is 22.1 Å². The van der Waals surface area contributed by atoms with E-state index < -0.39 is 0 Å². The highest BCUT2D eigenvalue weighted by atomic mass is 15.0. The summed E-state index contributed by atoms with van der Waals surface area (Å²) < 4.78 is 0. The molecular formula is C37H31N3. The van der Waals surface area contributed by atoms with Crippen LogP contribution in [0.4, 0.5) is 0 Å². The van der Waals surface area contributed by atoms with E-state index >= 15 is 0 Å². The lowest BCUT2D eigenvalue weighted by Gasteiger charge is -2.21. The zero-order chi connectivity index (χ0) is 27.3. The quantitative estimate of drug-likeness (QED) is 0.239. The van der Waals surface area contributed by atoms with E-state index in [4.69, 9.17) is 15.0 Å². The first-order chi connectivity index (χ1) is 19.5. The molecule has 0 N–H and O–H groups in total. The van der Waals surface area contributed by atoms with E-state index in [2.05, 4.69) is 118 Å². The highest BCUT2D eigenvalue weighted by Gasteiger charge is 2.35. The predicted octanol–water partition coefficient (Wildman–Crippen LogP) is 9.16. The second kappa shape index (κ2) is 9.53. The Hall–Kier alpha value is -4.63. The number of allylic oxidation sites excluding steroid dienone is 4. The number of fused-ring (bicyclic) bond motifs is 3. The summed E-state index contributed by atoms with van der Waals surface area (Å²) in [6.45, 7) is 6.88. The van der Waals surface area contributed by atoms with Gasteiger partial charge in [-0.3, -0.25) is 0 Å². The van der Waals surface area contributed by atoms with Crippen LogP contribution in [-0.4, -0.2) is 15.0 Å². The van der Waals surface area contributed by atoms with Gasteiger partial charge in [0.15, 0.2) is 17.5 Å². The van der Waals surface area contributed by atoms with Crippen molar-refractivity contribution in [3.05, 3.63) is 132 Å². The van der Waals surface area contributed by atoms with Crippen LogP contribution in [0.25, 0.3) is 50.9 Å². The van der Waals surface area contributed by atoms with Crippen molar-refractivity contribution in [1.29, 1.82) is 0 Å². The van der Waals surface area contributed by atoms with E-state index in [0.717, 1.165) is 23.1 Å². The fraction of sp³-hybridized carbons (Fsp3) is 0.162. The molecule has 2 aliphatic rings. The molecule has 0 spiro atoms. The normalized spacial score (nSPS) is 16.8. The maximum Gasteiger partial charge on any atom is 0.164 e. The molecule has 1 heterocycles. The number of hydrogen-bond acceptors (Lipinski definition) is 3. The average Bonchev–Trinajstić information content (AvgIpc) is 3.24. The van der Waals surface area contributed by atoms with Crippen LogP contribution >= 0.6 is 0 Å². The van der Waals surface area contributed by atoms with Gasteiger partial charge < -0.3 is 0 Å². The van der Waals surface area contributed by atoms with Crippen molar-refractivity contribution in [3.8, 4) is 45.3 Å². The van der Waals surface area contributed by atoms with E-state index in [1.807, 2.05) is 18.2 Å². The number of aromatic nitrogens is 3. The van der Waals surface area contributed by atoms with Crippen molar-refractivity contribution in [1.82, 2.24) is 15.0 Å². The molecule has 2 aliphatic carbocycles. The van der Waals surface area contributed by atoms with Crippen molar-refractivity contribution in [3.63, 3.8) is 0 Å². The summed E-state index contributed by atoms with van der Waals surface area (Å²) in [5.74, 6) is 2.57. The van der Waals surface area contributed by atoms with Crippen molar-refractivity contribution < 1.29 is 0 Å². The largest absolute Gasteiger partial charge is 0.208 e. The summed E-state index contributed by atoms with van der Waals surface area (Å²) in [6, 6.07) is 34.2. The first-order valence-electron chi connectivity index (χ1n) is 14.0. The first kappa shape index (κ1) is 24.4. The van der Waals surface area contributed by atoms with E-state index in [-0.39, 0.29) is 5.41 Å². The third kappa shape index (κ3) is 4.10. The summed E-state index contributed by atoms with van der Waals surface area (Å²) >= 11 is 0. The molecule has 3 heteroatoms. The van der Waals surface area contributed by atoms with Crippen LogP contribution in [0.1, 0.15) is 43.9 Å². The summed E-state index contributed by atoms with van der Waals surface area (Å²) in [4.78, 5) is 15.0. The molecular weight excluding hydrogens is 486 g/mol. The second-order valence-corrected chi connectivity index (χ2v) is 11.4. The Morgan fingerprint density at radius 3 is 1.90 bits per heavy atom. The molecule has 1 aromatic heterocycles. The van der Waals surface area contributed by atoms with Crippen molar-refractivity contribution in [2.45, 2.75) is 32.6 Å². The number of rotatable bonds is 4. The van der Waals surface area contributed by atoms with E-state index in [1.165, 1.54) is 33.4 Å². The van der Waals surface area contributed by atoms with Crippen molar-refractivity contribution in [2.24, 2.45) is 5.92 Å². The zero-order valence-corrected chi connectivity index (χ0v) is 23.1. The summed E-state index contributed by atoms with van der Waals surface area (Å²) in [7, 11) is 0. The maximum atomic E-state index is 5.03. The zero-order valence-electron chi connectivity index (χ0n) is 23.1. The molecule has 1 unspecified atom stereocenters. The molecule has 0 aliphatic heterocycles. The maximum absolute atomic E-state index is 5.03. The summed E-state index contributed by atoms with van der Waals surface area (Å²) in [6.07, 6.45) is 7.70. The number of nitrogens with zero attached hydrogens (tertiary/aromatic N) is 3. The molecule has 1 atom stereocenters. The lowest BCUT2D eigenvalue weighted by molar-refractivity contribution is 0.660. The molecule has 0 radical (unpaired) electrons. The van der Waals surface area contributed by atoms with Gasteiger partial charge in [-0.25, -0.2) is 15.0 Å². The fourth-order valence-electron chi connectivity index (χ4n) is 6.13. The van der Waals surface area contributed by atoms with Crippen molar-refractivity contribution >= 4 is 5.57 Å². The molecule has 3 nitrogen and oxygen atoms in total. The van der Waals surface area contributed by atoms with Gasteiger partial charge in [0.1, 0.15) is 0 Å². The Bertz CT molecular complexity index is 1790. The van der Waals surface area contributed by atoms with Crippen molar-refractivity contribution in [2.75, 3.05) is 0 Å². The summed E-state index contributed by atoms with van der Waals surface area (Å²) in [5.41, 5.74) is 10.8. The molecule has 194 valence electrons. The highest BCUT2D eigenvalue weighted by Crippen LogP contribution is 2.49. The molecule has 5 aromatic rings. The lowest BCUT2D eigenvalue weighted by Crippen LogP contribution is -2.15. The van der Waals surface area contributed by atoms with Gasteiger partial charge in [0.25, 0.3) is 0 Å². The number of hydrogen-bond donors (Lipinski definition) is 0. The van der Waals surface area contributed by atoms with Gasteiger partial charge in [0.2, 0.25) is 0 Å². The van der Waals surface area contributed by atoms with Crippen LogP contribution < -0.4 is 0 Å². The van der Waals surface area contributed by atoms with E-state index in [9.17, 15) is 0 Å². The fourth-order valence-corrected chi connectivity index (χ4v) is 6.13. The van der Waals surface area contributed by atoms with E-state index in [0.29, 0.717) is 23.4 Å². The van der Waals surface area contributed by atoms with Crippen LogP contribution in [0.15, 0.2) is 115 Å².